The van der Waals surface area contributed by atoms with Crippen LogP contribution in [0.1, 0.15) is 26.2 Å². The van der Waals surface area contributed by atoms with Gasteiger partial charge in [-0.15, -0.1) is 0 Å². The van der Waals surface area contributed by atoms with Crippen LogP contribution >= 0.6 is 0 Å². The van der Waals surface area contributed by atoms with Crippen LogP contribution in [0, 0.1) is 5.92 Å². The smallest absolute Gasteiger partial charge is 0.314 e. The van der Waals surface area contributed by atoms with E-state index < -0.39 is 0 Å². The zero-order chi connectivity index (χ0) is 12.6. The Hall–Kier alpha value is -1.10. The molecule has 4 unspecified atom stereocenters. The number of methoxy groups -OCH3 is 1. The molecule has 2 rings (SSSR count). The van der Waals surface area contributed by atoms with Crippen molar-refractivity contribution in [2.24, 2.45) is 5.92 Å². The Balaban J connectivity index is 2.20. The molecule has 5 heteroatoms. The van der Waals surface area contributed by atoms with Gasteiger partial charge in [-0.05, 0) is 19.9 Å². The molecule has 4 atom stereocenters. The van der Waals surface area contributed by atoms with Crippen LogP contribution in [-0.4, -0.2) is 49.2 Å². The average Bonchev–Trinajstić information content (AvgIpc) is 2.51. The van der Waals surface area contributed by atoms with Gasteiger partial charge >= 0.3 is 11.9 Å². The standard InChI is InChI=1S/C12H19NO4/c1-7(14)17-10-6-8-4-5-9(13(8)2)11(10)12(15)16-3/h8-11H,4-6H2,1-3H3. The van der Waals surface area contributed by atoms with Crippen LogP contribution in [0.2, 0.25) is 0 Å². The minimum absolute atomic E-state index is 0.144. The van der Waals surface area contributed by atoms with Crippen LogP contribution in [0.15, 0.2) is 0 Å². The highest BCUT2D eigenvalue weighted by atomic mass is 16.6. The number of carbonyl (C=O) groups is 2. The third kappa shape index (κ3) is 2.16. The number of fused-ring (bicyclic) bond motifs is 2. The summed E-state index contributed by atoms with van der Waals surface area (Å²) in [7, 11) is 3.41. The largest absolute Gasteiger partial charge is 0.469 e. The van der Waals surface area contributed by atoms with Crippen molar-refractivity contribution in [2.45, 2.75) is 44.4 Å². The number of carbonyl (C=O) groups excluding carboxylic acids is 2. The highest BCUT2D eigenvalue weighted by Gasteiger charge is 2.50. The van der Waals surface area contributed by atoms with E-state index in [-0.39, 0.29) is 30.0 Å². The molecule has 0 spiro atoms. The van der Waals surface area contributed by atoms with E-state index >= 15 is 0 Å². The van der Waals surface area contributed by atoms with Crippen molar-refractivity contribution in [1.29, 1.82) is 0 Å². The minimum Gasteiger partial charge on any atom is -0.469 e. The predicted molar refractivity (Wildman–Crippen MR) is 60.3 cm³/mol. The van der Waals surface area contributed by atoms with Crippen molar-refractivity contribution in [1.82, 2.24) is 4.90 Å². The molecular weight excluding hydrogens is 222 g/mol. The molecule has 0 aromatic carbocycles. The maximum Gasteiger partial charge on any atom is 0.314 e. The Morgan fingerprint density at radius 3 is 2.59 bits per heavy atom. The molecule has 2 fully saturated rings. The molecule has 2 aliphatic heterocycles. The van der Waals surface area contributed by atoms with E-state index in [0.29, 0.717) is 6.04 Å². The zero-order valence-corrected chi connectivity index (χ0v) is 10.5. The molecule has 0 radical (unpaired) electrons. The molecular formula is C12H19NO4. The lowest BCUT2D eigenvalue weighted by molar-refractivity contribution is -0.167. The number of ether oxygens (including phenoxy) is 2. The summed E-state index contributed by atoms with van der Waals surface area (Å²) < 4.78 is 10.1. The summed E-state index contributed by atoms with van der Waals surface area (Å²) in [6.07, 6.45) is 2.44. The molecule has 0 aliphatic carbocycles. The SMILES string of the molecule is COC(=O)C1C(OC(C)=O)CC2CCC1N2C. The average molecular weight is 241 g/mol. The Kier molecular flexibility index (Phi) is 3.38. The normalized spacial score (nSPS) is 36.6. The maximum atomic E-state index is 11.9. The van der Waals surface area contributed by atoms with Crippen molar-refractivity contribution in [3.8, 4) is 0 Å². The number of rotatable bonds is 2. The summed E-state index contributed by atoms with van der Waals surface area (Å²) in [6, 6.07) is 0.566. The van der Waals surface area contributed by atoms with Gasteiger partial charge in [0.15, 0.2) is 0 Å². The highest BCUT2D eigenvalue weighted by molar-refractivity contribution is 5.75. The van der Waals surface area contributed by atoms with Gasteiger partial charge in [0.25, 0.3) is 0 Å². The highest BCUT2D eigenvalue weighted by Crippen LogP contribution is 2.40. The van der Waals surface area contributed by atoms with Crippen molar-refractivity contribution in [3.63, 3.8) is 0 Å². The molecule has 0 N–H and O–H groups in total. The van der Waals surface area contributed by atoms with E-state index in [4.69, 9.17) is 9.47 Å². The maximum absolute atomic E-state index is 11.9. The molecule has 0 amide bonds. The van der Waals surface area contributed by atoms with Crippen LogP contribution in [-0.2, 0) is 19.1 Å². The fourth-order valence-corrected chi connectivity index (χ4v) is 3.20. The summed E-state index contributed by atoms with van der Waals surface area (Å²) in [5, 5.41) is 0. The first-order valence-electron chi connectivity index (χ1n) is 6.01. The summed E-state index contributed by atoms with van der Waals surface area (Å²) in [5.74, 6) is -0.936. The second-order valence-electron chi connectivity index (χ2n) is 4.90. The molecule has 2 saturated heterocycles. The third-order valence-electron chi connectivity index (χ3n) is 4.00. The molecule has 2 aliphatic rings. The molecule has 2 heterocycles. The quantitative estimate of drug-likeness (QED) is 0.662. The van der Waals surface area contributed by atoms with E-state index in [9.17, 15) is 9.59 Å². The van der Waals surface area contributed by atoms with Crippen LogP contribution in [0.25, 0.3) is 0 Å². The van der Waals surface area contributed by atoms with E-state index in [1.54, 1.807) is 0 Å². The van der Waals surface area contributed by atoms with Crippen LogP contribution in [0.4, 0.5) is 0 Å². The molecule has 2 bridgehead atoms. The lowest BCUT2D eigenvalue weighted by Crippen LogP contribution is -2.53. The summed E-state index contributed by atoms with van der Waals surface area (Å²) in [6.45, 7) is 1.38. The Labute approximate surface area is 101 Å². The number of hydrogen-bond donors (Lipinski definition) is 0. The third-order valence-corrected chi connectivity index (χ3v) is 4.00. The van der Waals surface area contributed by atoms with Crippen molar-refractivity contribution >= 4 is 11.9 Å². The zero-order valence-electron chi connectivity index (χ0n) is 10.5. The topological polar surface area (TPSA) is 55.8 Å². The summed E-state index contributed by atoms with van der Waals surface area (Å²) >= 11 is 0. The lowest BCUT2D eigenvalue weighted by Gasteiger charge is -2.40. The van der Waals surface area contributed by atoms with Crippen molar-refractivity contribution in [3.05, 3.63) is 0 Å². The van der Waals surface area contributed by atoms with Crippen molar-refractivity contribution < 1.29 is 19.1 Å². The lowest BCUT2D eigenvalue weighted by atomic mass is 9.87. The second kappa shape index (κ2) is 4.64. The fraction of sp³-hybridized carbons (Fsp3) is 0.833. The number of nitrogens with zero attached hydrogens (tertiary/aromatic N) is 1. The Bertz CT molecular complexity index is 330. The molecule has 0 aromatic rings. The molecule has 17 heavy (non-hydrogen) atoms. The molecule has 0 aromatic heterocycles. The van der Waals surface area contributed by atoms with Crippen LogP contribution in [0.3, 0.4) is 0 Å². The van der Waals surface area contributed by atoms with Gasteiger partial charge in [0.05, 0.1) is 7.11 Å². The van der Waals surface area contributed by atoms with Gasteiger partial charge in [0, 0.05) is 25.4 Å². The molecule has 96 valence electrons. The van der Waals surface area contributed by atoms with Crippen LogP contribution < -0.4 is 0 Å². The number of piperidine rings is 1. The van der Waals surface area contributed by atoms with Gasteiger partial charge in [0.1, 0.15) is 12.0 Å². The first-order valence-corrected chi connectivity index (χ1v) is 6.01. The summed E-state index contributed by atoms with van der Waals surface area (Å²) in [5.41, 5.74) is 0. The van der Waals surface area contributed by atoms with E-state index in [2.05, 4.69) is 4.90 Å². The van der Waals surface area contributed by atoms with Crippen molar-refractivity contribution in [2.75, 3.05) is 14.2 Å². The van der Waals surface area contributed by atoms with Crippen LogP contribution in [0.5, 0.6) is 0 Å². The van der Waals surface area contributed by atoms with Gasteiger partial charge in [-0.25, -0.2) is 0 Å². The second-order valence-corrected chi connectivity index (χ2v) is 4.90. The Morgan fingerprint density at radius 2 is 2.00 bits per heavy atom. The monoisotopic (exact) mass is 241 g/mol. The number of esters is 2. The van der Waals surface area contributed by atoms with Gasteiger partial charge in [0.2, 0.25) is 0 Å². The first-order chi connectivity index (χ1) is 8.04. The predicted octanol–water partition coefficient (Wildman–Crippen LogP) is 0.574. The van der Waals surface area contributed by atoms with Gasteiger partial charge in [-0.3, -0.25) is 14.5 Å². The molecule has 5 nitrogen and oxygen atoms in total. The fourth-order valence-electron chi connectivity index (χ4n) is 3.20. The van der Waals surface area contributed by atoms with E-state index in [0.717, 1.165) is 19.3 Å². The van der Waals surface area contributed by atoms with Gasteiger partial charge < -0.3 is 9.47 Å². The minimum atomic E-state index is -0.340. The summed E-state index contributed by atoms with van der Waals surface area (Å²) in [4.78, 5) is 25.2. The Morgan fingerprint density at radius 1 is 1.29 bits per heavy atom. The molecule has 0 saturated carbocycles. The van der Waals surface area contributed by atoms with Gasteiger partial charge in [-0.2, -0.15) is 0 Å². The first kappa shape index (κ1) is 12.4. The number of hydrogen-bond acceptors (Lipinski definition) is 5. The van der Waals surface area contributed by atoms with E-state index in [1.807, 2.05) is 7.05 Å². The van der Waals surface area contributed by atoms with E-state index in [1.165, 1.54) is 14.0 Å². The van der Waals surface area contributed by atoms with Gasteiger partial charge in [-0.1, -0.05) is 0 Å².